The van der Waals surface area contributed by atoms with Gasteiger partial charge in [-0.3, -0.25) is 0 Å². The van der Waals surface area contributed by atoms with Crippen LogP contribution in [0, 0.1) is 0 Å². The van der Waals surface area contributed by atoms with Gasteiger partial charge in [-0.2, -0.15) is 0 Å². The molecule has 0 spiro atoms. The zero-order valence-electron chi connectivity index (χ0n) is 13.5. The molecule has 2 aromatic carbocycles. The first-order valence-corrected chi connectivity index (χ1v) is 7.79. The van der Waals surface area contributed by atoms with Crippen LogP contribution in [0.15, 0.2) is 36.4 Å². The number of carbonyl (C=O) groups is 2. The molecule has 0 bridgehead atoms. The number of ether oxygens (including phenoxy) is 1. The second-order valence-corrected chi connectivity index (χ2v) is 5.55. The smallest absolute Gasteiger partial charge is 0.414 e. The Balaban J connectivity index is 0.000000301. The second kappa shape index (κ2) is 8.31. The van der Waals surface area contributed by atoms with Crippen molar-refractivity contribution in [3.05, 3.63) is 42.0 Å². The number of carboxylic acid groups (broad SMARTS) is 2. The molecule has 6 nitrogen and oxygen atoms in total. The molecule has 128 valence electrons. The highest BCUT2D eigenvalue weighted by atomic mass is 16.5. The highest BCUT2D eigenvalue weighted by Crippen LogP contribution is 2.33. The Morgan fingerprint density at radius 3 is 2.21 bits per heavy atom. The third-order valence-electron chi connectivity index (χ3n) is 3.97. The Labute approximate surface area is 140 Å². The van der Waals surface area contributed by atoms with E-state index in [0.29, 0.717) is 6.04 Å². The first-order chi connectivity index (χ1) is 11.5. The molecule has 1 heterocycles. The molecule has 0 aromatic heterocycles. The number of fused-ring (bicyclic) bond motifs is 1. The van der Waals surface area contributed by atoms with Crippen molar-refractivity contribution in [3.63, 3.8) is 0 Å². The van der Waals surface area contributed by atoms with E-state index in [-0.39, 0.29) is 0 Å². The maximum Gasteiger partial charge on any atom is 0.414 e. The van der Waals surface area contributed by atoms with Gasteiger partial charge in [0.2, 0.25) is 0 Å². The number of hydrogen-bond acceptors (Lipinski definition) is 4. The Morgan fingerprint density at radius 1 is 1.08 bits per heavy atom. The number of nitrogens with one attached hydrogen (secondary N) is 1. The van der Waals surface area contributed by atoms with Gasteiger partial charge in [0, 0.05) is 11.6 Å². The molecule has 1 unspecified atom stereocenters. The number of carboxylic acids is 2. The van der Waals surface area contributed by atoms with Crippen LogP contribution in [0.3, 0.4) is 0 Å². The van der Waals surface area contributed by atoms with E-state index in [1.165, 1.54) is 35.6 Å². The quantitative estimate of drug-likeness (QED) is 0.732. The van der Waals surface area contributed by atoms with Gasteiger partial charge in [0.05, 0.1) is 7.11 Å². The fourth-order valence-corrected chi connectivity index (χ4v) is 2.80. The molecular formula is C18H21NO5. The van der Waals surface area contributed by atoms with Crippen molar-refractivity contribution in [2.45, 2.75) is 25.3 Å². The van der Waals surface area contributed by atoms with E-state index in [0.717, 1.165) is 12.3 Å². The van der Waals surface area contributed by atoms with E-state index in [4.69, 9.17) is 24.5 Å². The van der Waals surface area contributed by atoms with Crippen LogP contribution in [0.4, 0.5) is 0 Å². The Bertz CT molecular complexity index is 710. The predicted molar refractivity (Wildman–Crippen MR) is 90.4 cm³/mol. The molecule has 6 heteroatoms. The SMILES string of the molecule is COc1cc2ccccc2cc1C1CCCCN1.O=C(O)C(=O)O. The van der Waals surface area contributed by atoms with Gasteiger partial charge in [-0.15, -0.1) is 0 Å². The van der Waals surface area contributed by atoms with E-state index >= 15 is 0 Å². The topological polar surface area (TPSA) is 95.9 Å². The zero-order valence-corrected chi connectivity index (χ0v) is 13.5. The maximum absolute atomic E-state index is 9.10. The van der Waals surface area contributed by atoms with Crippen molar-refractivity contribution < 1.29 is 24.5 Å². The molecule has 0 saturated carbocycles. The third-order valence-corrected chi connectivity index (χ3v) is 3.97. The van der Waals surface area contributed by atoms with E-state index in [9.17, 15) is 0 Å². The summed E-state index contributed by atoms with van der Waals surface area (Å²) in [6, 6.07) is 13.3. The molecule has 1 fully saturated rings. The average Bonchev–Trinajstić information content (AvgIpc) is 2.61. The first kappa shape index (κ1) is 17.7. The largest absolute Gasteiger partial charge is 0.496 e. The number of piperidine rings is 1. The van der Waals surface area contributed by atoms with Crippen LogP contribution in [-0.2, 0) is 9.59 Å². The van der Waals surface area contributed by atoms with E-state index in [1.54, 1.807) is 7.11 Å². The summed E-state index contributed by atoms with van der Waals surface area (Å²) < 4.78 is 5.57. The third kappa shape index (κ3) is 4.45. The summed E-state index contributed by atoms with van der Waals surface area (Å²) in [4.78, 5) is 18.2. The van der Waals surface area contributed by atoms with E-state index in [2.05, 4.69) is 41.7 Å². The van der Waals surface area contributed by atoms with Gasteiger partial charge in [0.25, 0.3) is 0 Å². The molecule has 1 aliphatic rings. The van der Waals surface area contributed by atoms with Crippen LogP contribution in [0.25, 0.3) is 10.8 Å². The van der Waals surface area contributed by atoms with Gasteiger partial charge in [-0.05, 0) is 42.3 Å². The highest BCUT2D eigenvalue weighted by molar-refractivity contribution is 6.27. The summed E-state index contributed by atoms with van der Waals surface area (Å²) in [7, 11) is 1.76. The van der Waals surface area contributed by atoms with Crippen molar-refractivity contribution in [1.82, 2.24) is 5.32 Å². The van der Waals surface area contributed by atoms with Crippen molar-refractivity contribution in [1.29, 1.82) is 0 Å². The van der Waals surface area contributed by atoms with E-state index < -0.39 is 11.9 Å². The fraction of sp³-hybridized carbons (Fsp3) is 0.333. The normalized spacial score (nSPS) is 16.8. The van der Waals surface area contributed by atoms with Crippen molar-refractivity contribution in [2.75, 3.05) is 13.7 Å². The van der Waals surface area contributed by atoms with E-state index in [1.807, 2.05) is 0 Å². The standard InChI is InChI=1S/C16H19NO.C2H2O4/c1-18-16-11-13-7-3-2-6-12(13)10-14(16)15-8-4-5-9-17-15;3-1(4)2(5)6/h2-3,6-7,10-11,15,17H,4-5,8-9H2,1H3;(H,3,4)(H,5,6). The molecule has 1 aliphatic heterocycles. The van der Waals surface area contributed by atoms with Crippen LogP contribution >= 0.6 is 0 Å². The molecule has 1 atom stereocenters. The molecule has 0 amide bonds. The van der Waals surface area contributed by atoms with Crippen LogP contribution in [-0.4, -0.2) is 35.8 Å². The fourth-order valence-electron chi connectivity index (χ4n) is 2.80. The van der Waals surface area contributed by atoms with Crippen LogP contribution in [0.5, 0.6) is 5.75 Å². The number of aliphatic carboxylic acids is 2. The van der Waals surface area contributed by atoms with Gasteiger partial charge >= 0.3 is 11.9 Å². The molecular weight excluding hydrogens is 310 g/mol. The number of benzene rings is 2. The van der Waals surface area contributed by atoms with Gasteiger partial charge in [-0.1, -0.05) is 30.7 Å². The van der Waals surface area contributed by atoms with Gasteiger partial charge in [0.1, 0.15) is 5.75 Å². The minimum Gasteiger partial charge on any atom is -0.496 e. The highest BCUT2D eigenvalue weighted by Gasteiger charge is 2.18. The summed E-state index contributed by atoms with van der Waals surface area (Å²) in [5, 5.41) is 20.9. The predicted octanol–water partition coefficient (Wildman–Crippen LogP) is 2.82. The summed E-state index contributed by atoms with van der Waals surface area (Å²) in [6.45, 7) is 1.11. The average molecular weight is 331 g/mol. The number of hydrogen-bond donors (Lipinski definition) is 3. The monoisotopic (exact) mass is 331 g/mol. The summed E-state index contributed by atoms with van der Waals surface area (Å²) in [5.74, 6) is -2.64. The Kier molecular flexibility index (Phi) is 6.14. The lowest BCUT2D eigenvalue weighted by Gasteiger charge is -2.25. The van der Waals surface area contributed by atoms with Gasteiger partial charge < -0.3 is 20.3 Å². The second-order valence-electron chi connectivity index (χ2n) is 5.55. The molecule has 0 radical (unpaired) electrons. The summed E-state index contributed by atoms with van der Waals surface area (Å²) in [5.41, 5.74) is 1.30. The molecule has 3 N–H and O–H groups in total. The molecule has 3 rings (SSSR count). The Hall–Kier alpha value is -2.60. The maximum atomic E-state index is 9.10. The molecule has 1 saturated heterocycles. The van der Waals surface area contributed by atoms with Crippen molar-refractivity contribution in [2.24, 2.45) is 0 Å². The minimum absolute atomic E-state index is 0.443. The van der Waals surface area contributed by atoms with Crippen LogP contribution < -0.4 is 10.1 Å². The molecule has 0 aliphatic carbocycles. The van der Waals surface area contributed by atoms with Crippen molar-refractivity contribution in [3.8, 4) is 5.75 Å². The minimum atomic E-state index is -1.82. The lowest BCUT2D eigenvalue weighted by Crippen LogP contribution is -2.27. The van der Waals surface area contributed by atoms with Gasteiger partial charge in [-0.25, -0.2) is 9.59 Å². The first-order valence-electron chi connectivity index (χ1n) is 7.79. The number of methoxy groups -OCH3 is 1. The lowest BCUT2D eigenvalue weighted by atomic mass is 9.94. The van der Waals surface area contributed by atoms with Crippen molar-refractivity contribution >= 4 is 22.7 Å². The van der Waals surface area contributed by atoms with Gasteiger partial charge in [0.15, 0.2) is 0 Å². The van der Waals surface area contributed by atoms with Crippen LogP contribution in [0.2, 0.25) is 0 Å². The Morgan fingerprint density at radius 2 is 1.71 bits per heavy atom. The number of rotatable bonds is 2. The van der Waals surface area contributed by atoms with Crippen LogP contribution in [0.1, 0.15) is 30.9 Å². The summed E-state index contributed by atoms with van der Waals surface area (Å²) in [6.07, 6.45) is 3.79. The molecule has 24 heavy (non-hydrogen) atoms. The zero-order chi connectivity index (χ0) is 17.5. The lowest BCUT2D eigenvalue weighted by molar-refractivity contribution is -0.159. The summed E-state index contributed by atoms with van der Waals surface area (Å²) >= 11 is 0. The molecule has 2 aromatic rings.